The van der Waals surface area contributed by atoms with Gasteiger partial charge in [-0.05, 0) is 85.6 Å². The zero-order valence-electron chi connectivity index (χ0n) is 33.1. The maximum absolute atomic E-state index is 14.8. The Kier molecular flexibility index (Phi) is 15.2. The Morgan fingerprint density at radius 3 is 2.51 bits per heavy atom. The number of allylic oxidation sites excluding steroid dienone is 1. The minimum absolute atomic E-state index is 0.0734. The molecule has 1 saturated carbocycles. The molecule has 308 valence electrons. The second-order valence-corrected chi connectivity index (χ2v) is 15.2. The summed E-state index contributed by atoms with van der Waals surface area (Å²) in [6, 6.07) is 13.9. The summed E-state index contributed by atoms with van der Waals surface area (Å²) >= 11 is 0. The van der Waals surface area contributed by atoms with Gasteiger partial charge in [0.05, 0.1) is 49.7 Å². The summed E-state index contributed by atoms with van der Waals surface area (Å²) in [5.74, 6) is -0.827. The summed E-state index contributed by atoms with van der Waals surface area (Å²) in [7, 11) is 1.52. The molecule has 6 unspecified atom stereocenters. The van der Waals surface area contributed by atoms with Gasteiger partial charge < -0.3 is 44.0 Å². The molecule has 57 heavy (non-hydrogen) atoms. The van der Waals surface area contributed by atoms with Crippen molar-refractivity contribution in [1.82, 2.24) is 9.80 Å². The van der Waals surface area contributed by atoms with Crippen molar-refractivity contribution in [2.24, 2.45) is 22.9 Å². The van der Waals surface area contributed by atoms with Crippen LogP contribution in [0.25, 0.3) is 0 Å². The Morgan fingerprint density at radius 2 is 1.82 bits per heavy atom. The molecule has 13 heteroatoms. The number of rotatable bonds is 23. The molecule has 6 rings (SSSR count). The van der Waals surface area contributed by atoms with E-state index in [4.69, 9.17) is 23.8 Å². The third kappa shape index (κ3) is 9.71. The van der Waals surface area contributed by atoms with Crippen LogP contribution in [0.1, 0.15) is 72.3 Å². The first-order chi connectivity index (χ1) is 27.9. The molecule has 1 amide bonds. The van der Waals surface area contributed by atoms with Crippen molar-refractivity contribution in [2.75, 3.05) is 79.5 Å². The normalized spacial score (nSPS) is 25.4. The number of nitrogens with zero attached hydrogens (tertiary/aromatic N) is 4. The first-order valence-electron chi connectivity index (χ1n) is 20.4. The number of carbonyl (C=O) groups is 1. The number of benzene rings is 2. The van der Waals surface area contributed by atoms with Crippen molar-refractivity contribution < 1.29 is 43.9 Å². The molecule has 4 aliphatic rings. The van der Waals surface area contributed by atoms with Gasteiger partial charge in [-0.3, -0.25) is 9.69 Å². The number of carbonyl (C=O) groups excluding carboxylic acids is 1. The number of oxime groups is 1. The Bertz CT molecular complexity index is 1760. The lowest BCUT2D eigenvalue weighted by atomic mass is 9.55. The lowest BCUT2D eigenvalue weighted by Gasteiger charge is -2.60. The molecule has 0 aromatic heterocycles. The monoisotopic (exact) mass is 786 g/mol. The minimum Gasteiger partial charge on any atom is -0.492 e. The molecular weight excluding hydrogens is 729 g/mol. The number of unbranched alkanes of at least 4 members (excludes halogenated alkanes) is 2. The largest absolute Gasteiger partial charge is 0.492 e. The van der Waals surface area contributed by atoms with Crippen LogP contribution in [0.4, 0.5) is 0 Å². The second-order valence-electron chi connectivity index (χ2n) is 15.2. The van der Waals surface area contributed by atoms with Crippen molar-refractivity contribution in [3.8, 4) is 17.6 Å². The molecule has 1 saturated heterocycles. The number of hydrogen-bond donors (Lipinski definition) is 3. The lowest BCUT2D eigenvalue weighted by molar-refractivity contribution is -0.254. The van der Waals surface area contributed by atoms with Gasteiger partial charge in [0.25, 0.3) is 5.91 Å². The van der Waals surface area contributed by atoms with E-state index in [1.54, 1.807) is 35.2 Å². The van der Waals surface area contributed by atoms with Crippen LogP contribution in [0, 0.1) is 29.1 Å². The molecule has 2 aliphatic carbocycles. The van der Waals surface area contributed by atoms with Crippen LogP contribution in [0.3, 0.4) is 0 Å². The summed E-state index contributed by atoms with van der Waals surface area (Å²) in [6.07, 6.45) is 8.86. The van der Waals surface area contributed by atoms with E-state index in [9.17, 15) is 25.4 Å². The minimum atomic E-state index is -1.43. The first-order valence-corrected chi connectivity index (χ1v) is 20.4. The fourth-order valence-electron chi connectivity index (χ4n) is 9.02. The maximum Gasteiger partial charge on any atom is 0.254 e. The third-order valence-electron chi connectivity index (χ3n) is 11.7. The highest BCUT2D eigenvalue weighted by Gasteiger charge is 2.65. The number of aliphatic hydroxyl groups is 3. The van der Waals surface area contributed by atoms with E-state index in [-0.39, 0.29) is 76.3 Å². The number of aliphatic hydroxyl groups excluding tert-OH is 3. The number of ether oxygens (including phenoxy) is 4. The van der Waals surface area contributed by atoms with Crippen LogP contribution in [0.5, 0.6) is 11.5 Å². The van der Waals surface area contributed by atoms with Crippen molar-refractivity contribution >= 4 is 11.6 Å². The number of amides is 1. The van der Waals surface area contributed by atoms with Gasteiger partial charge in [-0.15, -0.1) is 6.58 Å². The summed E-state index contributed by atoms with van der Waals surface area (Å²) in [4.78, 5) is 24.4. The van der Waals surface area contributed by atoms with Gasteiger partial charge in [0.1, 0.15) is 31.3 Å². The lowest BCUT2D eigenvalue weighted by Crippen LogP contribution is -2.70. The van der Waals surface area contributed by atoms with Gasteiger partial charge in [-0.2, -0.15) is 5.26 Å². The fraction of sp³-hybridized carbons (Fsp3) is 0.568. The second kappa shape index (κ2) is 20.4. The van der Waals surface area contributed by atoms with E-state index in [0.717, 1.165) is 62.2 Å². The van der Waals surface area contributed by atoms with Crippen molar-refractivity contribution in [1.29, 1.82) is 5.26 Å². The van der Waals surface area contributed by atoms with Gasteiger partial charge in [0.15, 0.2) is 0 Å². The molecule has 3 N–H and O–H groups in total. The standard InChI is InChI=1S/C44H58N4O9/c1-3-23-56-44-40(48(19-24-54-26-22-51)43(52)32-12-10-31(30-45)11-13-32)29-38(46-53-2)36-27-33(8-4-6-20-49)35(9-5-7-21-50)41(42(36)44)37-28-34(14-15-39(37)57-44)55-25-18-47-16-17-47/h3,10-15,27-28,33,35,40-42,49-51H,1,4-9,16-26,29H2,2H3. The highest BCUT2D eigenvalue weighted by Crippen LogP contribution is 2.62. The summed E-state index contributed by atoms with van der Waals surface area (Å²) in [5.41, 5.74) is 3.43. The highest BCUT2D eigenvalue weighted by molar-refractivity contribution is 6.03. The smallest absolute Gasteiger partial charge is 0.254 e. The molecule has 2 aromatic rings. The highest BCUT2D eigenvalue weighted by atomic mass is 16.7. The Morgan fingerprint density at radius 1 is 1.05 bits per heavy atom. The maximum atomic E-state index is 14.8. The Hall–Kier alpha value is -4.29. The molecule has 2 fully saturated rings. The van der Waals surface area contributed by atoms with Gasteiger partial charge in [-0.25, -0.2) is 0 Å². The predicted octanol–water partition coefficient (Wildman–Crippen LogP) is 4.67. The number of hydrogen-bond acceptors (Lipinski definition) is 12. The zero-order valence-corrected chi connectivity index (χ0v) is 33.1. The van der Waals surface area contributed by atoms with E-state index in [1.807, 2.05) is 12.1 Å². The van der Waals surface area contributed by atoms with E-state index < -0.39 is 17.7 Å². The van der Waals surface area contributed by atoms with Crippen LogP contribution in [-0.2, 0) is 14.3 Å². The quantitative estimate of drug-likeness (QED) is 0.0621. The number of fused-ring (bicyclic) bond motifs is 2. The molecule has 13 nitrogen and oxygen atoms in total. The Balaban J connectivity index is 1.54. The first kappa shape index (κ1) is 42.3. The van der Waals surface area contributed by atoms with Crippen LogP contribution in [0.2, 0.25) is 0 Å². The molecule has 6 atom stereocenters. The van der Waals surface area contributed by atoms with Crippen LogP contribution < -0.4 is 9.47 Å². The van der Waals surface area contributed by atoms with Gasteiger partial charge in [-0.1, -0.05) is 30.1 Å². The topological polar surface area (TPSA) is 166 Å². The summed E-state index contributed by atoms with van der Waals surface area (Å²) in [6.45, 7) is 8.15. The number of nitriles is 1. The average Bonchev–Trinajstić information content (AvgIpc) is 4.06. The van der Waals surface area contributed by atoms with Crippen molar-refractivity contribution in [3.63, 3.8) is 0 Å². The van der Waals surface area contributed by atoms with Crippen molar-refractivity contribution in [2.45, 2.75) is 62.7 Å². The van der Waals surface area contributed by atoms with Crippen LogP contribution in [0.15, 0.2) is 71.9 Å². The van der Waals surface area contributed by atoms with Gasteiger partial charge >= 0.3 is 0 Å². The third-order valence-corrected chi connectivity index (χ3v) is 11.7. The molecule has 0 spiro atoms. The Labute approximate surface area is 336 Å². The predicted molar refractivity (Wildman–Crippen MR) is 214 cm³/mol. The molecule has 0 radical (unpaired) electrons. The average molecular weight is 787 g/mol. The van der Waals surface area contributed by atoms with Crippen LogP contribution >= 0.6 is 0 Å². The van der Waals surface area contributed by atoms with E-state index in [0.29, 0.717) is 42.0 Å². The molecule has 0 bridgehead atoms. The summed E-state index contributed by atoms with van der Waals surface area (Å²) in [5, 5.41) is 43.4. The van der Waals surface area contributed by atoms with E-state index >= 15 is 0 Å². The van der Waals surface area contributed by atoms with E-state index in [1.165, 1.54) is 7.11 Å². The van der Waals surface area contributed by atoms with Crippen molar-refractivity contribution in [3.05, 3.63) is 83.5 Å². The molecular formula is C44H58N4O9. The fourth-order valence-corrected chi connectivity index (χ4v) is 9.02. The summed E-state index contributed by atoms with van der Waals surface area (Å²) < 4.78 is 26.4. The van der Waals surface area contributed by atoms with Gasteiger partial charge in [0, 0.05) is 62.9 Å². The van der Waals surface area contributed by atoms with Gasteiger partial charge in [0.2, 0.25) is 5.79 Å². The molecule has 2 heterocycles. The zero-order chi connectivity index (χ0) is 40.2. The molecule has 2 aliphatic heterocycles. The van der Waals surface area contributed by atoms with E-state index in [2.05, 4.69) is 34.8 Å². The van der Waals surface area contributed by atoms with Crippen LogP contribution in [-0.4, -0.2) is 128 Å². The SMILES string of the molecule is C=CCOC12Oc3ccc(OCCN4CC4)cc3C3C(CCCCO)C(CCCCO)C=C(C(=NOC)CC1N(CCOCCO)C(=O)c1ccc(C#N)cc1)C32. The molecule has 2 aromatic carbocycles.